The van der Waals surface area contributed by atoms with E-state index < -0.39 is 54.5 Å². The lowest BCUT2D eigenvalue weighted by Gasteiger charge is -2.51. The first-order valence-corrected chi connectivity index (χ1v) is 13.5. The molecule has 39 heavy (non-hydrogen) atoms. The van der Waals surface area contributed by atoms with Crippen molar-refractivity contribution >= 4 is 30.4 Å². The molecule has 5 rings (SSSR count). The van der Waals surface area contributed by atoms with Crippen molar-refractivity contribution in [1.29, 1.82) is 0 Å². The van der Waals surface area contributed by atoms with Crippen molar-refractivity contribution in [3.63, 3.8) is 0 Å². The summed E-state index contributed by atoms with van der Waals surface area (Å²) >= 11 is 0. The Morgan fingerprint density at radius 1 is 1.05 bits per heavy atom. The second kappa shape index (κ2) is 10.4. The Bertz CT molecular complexity index is 1230. The summed E-state index contributed by atoms with van der Waals surface area (Å²) in [4.78, 5) is 61.0. The molecule has 3 aliphatic heterocycles. The molecule has 12 heteroatoms. The zero-order valence-corrected chi connectivity index (χ0v) is 22.4. The molecule has 11 nitrogen and oxygen atoms in total. The van der Waals surface area contributed by atoms with Crippen LogP contribution >= 0.6 is 0 Å². The minimum Gasteiger partial charge on any atom is -0.599 e. The molecule has 0 aliphatic carbocycles. The Kier molecular flexibility index (Phi) is 7.15. The van der Waals surface area contributed by atoms with E-state index >= 15 is 0 Å². The summed E-state index contributed by atoms with van der Waals surface area (Å²) < 4.78 is 12.0. The molecule has 1 aromatic carbocycles. The van der Waals surface area contributed by atoms with Gasteiger partial charge in [-0.15, -0.1) is 0 Å². The lowest BCUT2D eigenvalue weighted by molar-refractivity contribution is -0.850. The molecule has 0 unspecified atom stereocenters. The molecule has 4 heterocycles. The minimum atomic E-state index is -2.57. The van der Waals surface area contributed by atoms with Crippen molar-refractivity contribution < 1.29 is 32.9 Å². The molecular weight excluding hydrogens is 501 g/mol. The first-order chi connectivity index (χ1) is 18.7. The SMILES string of the molecule is CC(C)C[C@H](NC(=O)[C@H](Cc1ccccc1)NC(=O)c1cnccn1)[B-]12OC(=O)[C@H]3CCC[C@H](C(=O)O1)[N+]32C. The van der Waals surface area contributed by atoms with Gasteiger partial charge in [-0.1, -0.05) is 44.2 Å². The monoisotopic (exact) mass is 535 g/mol. The normalized spacial score (nSPS) is 28.7. The maximum absolute atomic E-state index is 13.9. The molecule has 2 amide bonds. The molecule has 206 valence electrons. The summed E-state index contributed by atoms with van der Waals surface area (Å²) in [5.41, 5.74) is 0.923. The maximum Gasteiger partial charge on any atom is 0.605 e. The van der Waals surface area contributed by atoms with Gasteiger partial charge in [-0.2, -0.15) is 0 Å². The number of nitrogens with one attached hydrogen (secondary N) is 2. The van der Waals surface area contributed by atoms with Crippen LogP contribution in [0.4, 0.5) is 0 Å². The van der Waals surface area contributed by atoms with E-state index in [2.05, 4.69) is 20.6 Å². The number of piperidine rings is 1. The summed E-state index contributed by atoms with van der Waals surface area (Å²) in [5.74, 6) is -2.49. The molecule has 3 saturated heterocycles. The molecule has 3 fully saturated rings. The number of carbonyl (C=O) groups excluding carboxylic acids is 4. The lowest BCUT2D eigenvalue weighted by atomic mass is 9.56. The van der Waals surface area contributed by atoms with Crippen LogP contribution in [0.3, 0.4) is 0 Å². The van der Waals surface area contributed by atoms with Crippen molar-refractivity contribution in [2.45, 2.75) is 70.0 Å². The van der Waals surface area contributed by atoms with Gasteiger partial charge in [0.15, 0.2) is 0 Å². The van der Waals surface area contributed by atoms with Crippen molar-refractivity contribution in [2.75, 3.05) is 7.05 Å². The largest absolute Gasteiger partial charge is 0.605 e. The second-order valence-electron chi connectivity index (χ2n) is 11.3. The van der Waals surface area contributed by atoms with Crippen LogP contribution in [0, 0.1) is 5.92 Å². The molecule has 2 N–H and O–H groups in total. The molecule has 2 aromatic rings. The van der Waals surface area contributed by atoms with E-state index in [1.807, 2.05) is 51.2 Å². The number of benzene rings is 1. The molecule has 0 saturated carbocycles. The lowest BCUT2D eigenvalue weighted by Crippen LogP contribution is -2.76. The highest BCUT2D eigenvalue weighted by atomic mass is 16.7. The number of amides is 2. The minimum absolute atomic E-state index is 0.0324. The Balaban J connectivity index is 1.46. The van der Waals surface area contributed by atoms with E-state index in [9.17, 15) is 19.2 Å². The zero-order valence-electron chi connectivity index (χ0n) is 22.4. The predicted octanol–water partition coefficient (Wildman–Crippen LogP) is 1.31. The van der Waals surface area contributed by atoms with E-state index in [-0.39, 0.29) is 22.4 Å². The number of hydrogen-bond donors (Lipinski definition) is 2. The predicted molar refractivity (Wildman–Crippen MR) is 140 cm³/mol. The fraction of sp³-hybridized carbons (Fsp3) is 0.481. The van der Waals surface area contributed by atoms with Gasteiger partial charge >= 0.3 is 18.6 Å². The number of nitrogens with zero attached hydrogens (tertiary/aromatic N) is 3. The number of rotatable bonds is 9. The molecule has 0 radical (unpaired) electrons. The first-order valence-electron chi connectivity index (χ1n) is 13.5. The van der Waals surface area contributed by atoms with Crippen molar-refractivity contribution in [3.8, 4) is 0 Å². The highest BCUT2D eigenvalue weighted by Crippen LogP contribution is 2.49. The van der Waals surface area contributed by atoms with Gasteiger partial charge < -0.3 is 24.3 Å². The second-order valence-corrected chi connectivity index (χ2v) is 11.3. The number of hydrogen-bond acceptors (Lipinski definition) is 8. The zero-order chi connectivity index (χ0) is 27.8. The summed E-state index contributed by atoms with van der Waals surface area (Å²) in [6.45, 7) is 1.41. The summed E-state index contributed by atoms with van der Waals surface area (Å²) in [6.07, 6.45) is 6.74. The third-order valence-corrected chi connectivity index (χ3v) is 8.45. The summed E-state index contributed by atoms with van der Waals surface area (Å²) in [6, 6.07) is 7.32. The van der Waals surface area contributed by atoms with Gasteiger partial charge in [0.05, 0.1) is 12.1 Å². The molecule has 0 bridgehead atoms. The van der Waals surface area contributed by atoms with Crippen LogP contribution in [0.5, 0.6) is 0 Å². The van der Waals surface area contributed by atoms with Gasteiger partial charge in [0.2, 0.25) is 5.91 Å². The van der Waals surface area contributed by atoms with Crippen LogP contribution in [0.15, 0.2) is 48.9 Å². The van der Waals surface area contributed by atoms with Crippen LogP contribution in [0.25, 0.3) is 0 Å². The van der Waals surface area contributed by atoms with Crippen LogP contribution in [-0.2, 0) is 30.1 Å². The number of likely N-dealkylation sites (N-methyl/N-ethyl adjacent to an activating group) is 1. The number of quaternary nitrogens is 1. The fourth-order valence-electron chi connectivity index (χ4n) is 6.60. The highest BCUT2D eigenvalue weighted by molar-refractivity contribution is 6.68. The summed E-state index contributed by atoms with van der Waals surface area (Å²) in [5, 5.41) is 5.84. The topological polar surface area (TPSA) is 137 Å². The quantitative estimate of drug-likeness (QED) is 0.459. The highest BCUT2D eigenvalue weighted by Gasteiger charge is 2.77. The fourth-order valence-corrected chi connectivity index (χ4v) is 6.60. The van der Waals surface area contributed by atoms with Crippen molar-refractivity contribution in [3.05, 3.63) is 60.2 Å². The van der Waals surface area contributed by atoms with E-state index in [1.165, 1.54) is 18.6 Å². The van der Waals surface area contributed by atoms with E-state index in [4.69, 9.17) is 9.31 Å². The average Bonchev–Trinajstić information content (AvgIpc) is 3.28. The van der Waals surface area contributed by atoms with Gasteiger partial charge in [-0.3, -0.25) is 14.6 Å². The van der Waals surface area contributed by atoms with E-state index in [0.29, 0.717) is 19.3 Å². The van der Waals surface area contributed by atoms with Gasteiger partial charge in [0, 0.05) is 38.7 Å². The van der Waals surface area contributed by atoms with Crippen LogP contribution in [0.1, 0.15) is 55.6 Å². The summed E-state index contributed by atoms with van der Waals surface area (Å²) in [7, 11) is 1.85. The number of aromatic nitrogens is 2. The van der Waals surface area contributed by atoms with Gasteiger partial charge in [-0.05, 0) is 24.3 Å². The Hall–Kier alpha value is -3.80. The van der Waals surface area contributed by atoms with E-state index in [0.717, 1.165) is 12.0 Å². The average molecular weight is 535 g/mol. The van der Waals surface area contributed by atoms with Crippen LogP contribution in [-0.4, -0.2) is 75.9 Å². The third-order valence-electron chi connectivity index (χ3n) is 8.45. The Morgan fingerprint density at radius 3 is 2.31 bits per heavy atom. The van der Waals surface area contributed by atoms with Gasteiger partial charge in [0.1, 0.15) is 23.8 Å². The first kappa shape index (κ1) is 26.8. The molecule has 3 aliphatic rings. The molecule has 4 atom stereocenters. The molecule has 1 aromatic heterocycles. The molecule has 0 spiro atoms. The van der Waals surface area contributed by atoms with Gasteiger partial charge in [-0.25, -0.2) is 14.6 Å². The smallest absolute Gasteiger partial charge is 0.599 e. The molecular formula is C27H34BN5O6. The standard InChI is InChI=1S/C27H34BN5O6/c1-17(2)14-23(28-33(3)21(26(36)38-28)10-7-11-22(33)27(37)39-28)32-24(34)19(15-18-8-5-4-6-9-18)31-25(35)20-16-29-12-13-30-20/h4-6,8-9,12-13,16-17,19,21-23H,7,10-11,14-15H2,1-3H3,(H,31,35)(H,32,34)/t19-,21+,22+,23-,28?,33?/m0/s1. The van der Waals surface area contributed by atoms with Crippen LogP contribution in [0.2, 0.25) is 0 Å². The Labute approximate surface area is 227 Å². The van der Waals surface area contributed by atoms with Crippen molar-refractivity contribution in [2.24, 2.45) is 5.92 Å². The maximum atomic E-state index is 13.9. The van der Waals surface area contributed by atoms with E-state index in [1.54, 1.807) is 0 Å². The van der Waals surface area contributed by atoms with Crippen LogP contribution < -0.4 is 10.6 Å². The Morgan fingerprint density at radius 2 is 1.72 bits per heavy atom. The third kappa shape index (κ3) is 4.66. The van der Waals surface area contributed by atoms with Gasteiger partial charge in [0.25, 0.3) is 5.91 Å². The number of carbonyl (C=O) groups is 4. The van der Waals surface area contributed by atoms with Crippen molar-refractivity contribution in [1.82, 2.24) is 20.6 Å².